The van der Waals surface area contributed by atoms with Gasteiger partial charge >= 0.3 is 5.97 Å². The molecule has 1 fully saturated rings. The van der Waals surface area contributed by atoms with Gasteiger partial charge in [0.05, 0.1) is 0 Å². The summed E-state index contributed by atoms with van der Waals surface area (Å²) >= 11 is 0. The van der Waals surface area contributed by atoms with Gasteiger partial charge in [0.25, 0.3) is 0 Å². The maximum absolute atomic E-state index is 11.3. The van der Waals surface area contributed by atoms with Crippen LogP contribution in [0.25, 0.3) is 0 Å². The van der Waals surface area contributed by atoms with Gasteiger partial charge in [0.2, 0.25) is 0 Å². The molecule has 0 amide bonds. The molecule has 3 heteroatoms. The number of hydrogen-bond donors (Lipinski definition) is 2. The molecule has 0 aliphatic heterocycles. The predicted octanol–water partition coefficient (Wildman–Crippen LogP) is 2.41. The van der Waals surface area contributed by atoms with Gasteiger partial charge in [-0.1, -0.05) is 33.1 Å². The lowest BCUT2D eigenvalue weighted by atomic mass is 9.92. The maximum atomic E-state index is 11.3. The number of carboxylic acid groups (broad SMARTS) is 1. The Morgan fingerprint density at radius 3 is 2.33 bits per heavy atom. The third-order valence-corrected chi connectivity index (χ3v) is 3.87. The second kappa shape index (κ2) is 4.97. The van der Waals surface area contributed by atoms with Gasteiger partial charge in [0.1, 0.15) is 5.54 Å². The first-order chi connectivity index (χ1) is 7.02. The summed E-state index contributed by atoms with van der Waals surface area (Å²) in [4.78, 5) is 11.3. The highest BCUT2D eigenvalue weighted by Crippen LogP contribution is 2.31. The summed E-state index contributed by atoms with van der Waals surface area (Å²) in [6.45, 7) is 6.41. The fraction of sp³-hybridized carbons (Fsp3) is 0.917. The number of nitrogens with one attached hydrogen (secondary N) is 1. The smallest absolute Gasteiger partial charge is 0.323 e. The number of hydrogen-bond acceptors (Lipinski definition) is 2. The molecule has 1 saturated carbocycles. The molecule has 0 aromatic heterocycles. The largest absolute Gasteiger partial charge is 0.480 e. The molecule has 1 aliphatic rings. The molecule has 3 nitrogen and oxygen atoms in total. The van der Waals surface area contributed by atoms with Crippen molar-refractivity contribution in [3.8, 4) is 0 Å². The molecule has 0 spiro atoms. The third-order valence-electron chi connectivity index (χ3n) is 3.87. The van der Waals surface area contributed by atoms with Gasteiger partial charge in [-0.25, -0.2) is 0 Å². The summed E-state index contributed by atoms with van der Waals surface area (Å²) in [6.07, 6.45) is 4.72. The third kappa shape index (κ3) is 2.71. The van der Waals surface area contributed by atoms with E-state index in [2.05, 4.69) is 26.1 Å². The molecule has 1 aliphatic carbocycles. The molecule has 2 atom stereocenters. The van der Waals surface area contributed by atoms with Gasteiger partial charge in [-0.2, -0.15) is 0 Å². The number of carboxylic acids is 1. The lowest BCUT2D eigenvalue weighted by Gasteiger charge is -2.32. The van der Waals surface area contributed by atoms with E-state index in [4.69, 9.17) is 0 Å². The van der Waals surface area contributed by atoms with Crippen molar-refractivity contribution in [2.75, 3.05) is 0 Å². The number of carbonyl (C=O) groups is 1. The van der Waals surface area contributed by atoms with Crippen LogP contribution in [0.2, 0.25) is 0 Å². The second-order valence-corrected chi connectivity index (χ2v) is 4.91. The van der Waals surface area contributed by atoms with Crippen molar-refractivity contribution in [3.05, 3.63) is 0 Å². The Bertz CT molecular complexity index is 222. The average Bonchev–Trinajstić information content (AvgIpc) is 2.66. The van der Waals surface area contributed by atoms with Crippen LogP contribution >= 0.6 is 0 Å². The minimum atomic E-state index is -0.671. The summed E-state index contributed by atoms with van der Waals surface area (Å²) in [5, 5.41) is 12.6. The van der Waals surface area contributed by atoms with Crippen molar-refractivity contribution in [2.24, 2.45) is 5.92 Å². The van der Waals surface area contributed by atoms with Crippen LogP contribution in [-0.2, 0) is 4.79 Å². The number of aliphatic carboxylic acids is 1. The summed E-state index contributed by atoms with van der Waals surface area (Å²) in [5.41, 5.74) is -0.636. The standard InChI is InChI=1S/C12H23NO2/c1-4-9(2)10(3)13-12(11(14)15)7-5-6-8-12/h9-10,13H,4-8H2,1-3H3,(H,14,15). The first-order valence-corrected chi connectivity index (χ1v) is 6.03. The molecular weight excluding hydrogens is 190 g/mol. The van der Waals surface area contributed by atoms with Gasteiger partial charge < -0.3 is 5.11 Å². The van der Waals surface area contributed by atoms with Crippen LogP contribution in [-0.4, -0.2) is 22.7 Å². The van der Waals surface area contributed by atoms with Crippen LogP contribution < -0.4 is 5.32 Å². The van der Waals surface area contributed by atoms with Gasteiger partial charge in [-0.05, 0) is 25.7 Å². The van der Waals surface area contributed by atoms with E-state index in [-0.39, 0.29) is 6.04 Å². The second-order valence-electron chi connectivity index (χ2n) is 4.91. The molecule has 0 radical (unpaired) electrons. The van der Waals surface area contributed by atoms with Gasteiger partial charge in [0, 0.05) is 6.04 Å². The summed E-state index contributed by atoms with van der Waals surface area (Å²) in [5.74, 6) is -0.142. The predicted molar refractivity (Wildman–Crippen MR) is 60.9 cm³/mol. The highest BCUT2D eigenvalue weighted by Gasteiger charge is 2.42. The van der Waals surface area contributed by atoms with E-state index in [1.54, 1.807) is 0 Å². The van der Waals surface area contributed by atoms with E-state index >= 15 is 0 Å². The normalized spacial score (nSPS) is 23.7. The van der Waals surface area contributed by atoms with Crippen molar-refractivity contribution >= 4 is 5.97 Å². The molecular formula is C12H23NO2. The van der Waals surface area contributed by atoms with Gasteiger partial charge in [0.15, 0.2) is 0 Å². The van der Waals surface area contributed by atoms with Crippen LogP contribution in [0.3, 0.4) is 0 Å². The number of rotatable bonds is 5. The zero-order valence-electron chi connectivity index (χ0n) is 10.0. The Morgan fingerprint density at radius 2 is 1.93 bits per heavy atom. The van der Waals surface area contributed by atoms with Crippen molar-refractivity contribution < 1.29 is 9.90 Å². The monoisotopic (exact) mass is 213 g/mol. The Balaban J connectivity index is 2.63. The quantitative estimate of drug-likeness (QED) is 0.737. The first-order valence-electron chi connectivity index (χ1n) is 6.03. The van der Waals surface area contributed by atoms with Crippen molar-refractivity contribution in [1.29, 1.82) is 0 Å². The molecule has 2 unspecified atom stereocenters. The Labute approximate surface area is 92.3 Å². The summed E-state index contributed by atoms with van der Waals surface area (Å²) in [7, 11) is 0. The van der Waals surface area contributed by atoms with E-state index < -0.39 is 11.5 Å². The molecule has 0 saturated heterocycles. The van der Waals surface area contributed by atoms with E-state index in [0.717, 1.165) is 32.1 Å². The van der Waals surface area contributed by atoms with Crippen molar-refractivity contribution in [1.82, 2.24) is 5.32 Å². The molecule has 0 aromatic carbocycles. The van der Waals surface area contributed by atoms with Crippen LogP contribution in [0.1, 0.15) is 52.9 Å². The Morgan fingerprint density at radius 1 is 1.40 bits per heavy atom. The first kappa shape index (κ1) is 12.5. The van der Waals surface area contributed by atoms with E-state index in [9.17, 15) is 9.90 Å². The summed E-state index contributed by atoms with van der Waals surface area (Å²) < 4.78 is 0. The Hall–Kier alpha value is -0.570. The molecule has 1 rings (SSSR count). The lowest BCUT2D eigenvalue weighted by Crippen LogP contribution is -2.54. The van der Waals surface area contributed by atoms with Crippen molar-refractivity contribution in [3.63, 3.8) is 0 Å². The van der Waals surface area contributed by atoms with Gasteiger partial charge in [-0.3, -0.25) is 10.1 Å². The molecule has 0 heterocycles. The zero-order valence-corrected chi connectivity index (χ0v) is 10.0. The molecule has 0 bridgehead atoms. The van der Waals surface area contributed by atoms with Crippen LogP contribution in [0.15, 0.2) is 0 Å². The Kier molecular flexibility index (Phi) is 4.14. The molecule has 88 valence electrons. The molecule has 15 heavy (non-hydrogen) atoms. The van der Waals surface area contributed by atoms with Gasteiger partial charge in [-0.15, -0.1) is 0 Å². The SMILES string of the molecule is CCC(C)C(C)NC1(C(=O)O)CCCC1. The minimum absolute atomic E-state index is 0.282. The molecule has 0 aromatic rings. The van der Waals surface area contributed by atoms with Crippen LogP contribution in [0.5, 0.6) is 0 Å². The molecule has 2 N–H and O–H groups in total. The fourth-order valence-electron chi connectivity index (χ4n) is 2.33. The zero-order chi connectivity index (χ0) is 11.5. The highest BCUT2D eigenvalue weighted by atomic mass is 16.4. The van der Waals surface area contributed by atoms with E-state index in [1.807, 2.05) is 0 Å². The lowest BCUT2D eigenvalue weighted by molar-refractivity contribution is -0.145. The van der Waals surface area contributed by atoms with E-state index in [0.29, 0.717) is 5.92 Å². The summed E-state index contributed by atoms with van der Waals surface area (Å²) in [6, 6.07) is 0.282. The van der Waals surface area contributed by atoms with Crippen LogP contribution in [0.4, 0.5) is 0 Å². The average molecular weight is 213 g/mol. The van der Waals surface area contributed by atoms with E-state index in [1.165, 1.54) is 0 Å². The van der Waals surface area contributed by atoms with Crippen LogP contribution in [0, 0.1) is 5.92 Å². The minimum Gasteiger partial charge on any atom is -0.480 e. The van der Waals surface area contributed by atoms with Crippen molar-refractivity contribution in [2.45, 2.75) is 64.5 Å². The maximum Gasteiger partial charge on any atom is 0.323 e. The fourth-order valence-corrected chi connectivity index (χ4v) is 2.33. The topological polar surface area (TPSA) is 49.3 Å². The highest BCUT2D eigenvalue weighted by molar-refractivity contribution is 5.79.